The van der Waals surface area contributed by atoms with Crippen LogP contribution in [0.2, 0.25) is 0 Å². The molecule has 0 aliphatic rings. The van der Waals surface area contributed by atoms with Gasteiger partial charge in [-0.2, -0.15) is 11.8 Å². The lowest BCUT2D eigenvalue weighted by molar-refractivity contribution is 0.686. The number of hydrogen-bond acceptors (Lipinski definition) is 2. The van der Waals surface area contributed by atoms with Crippen molar-refractivity contribution in [2.45, 2.75) is 18.7 Å². The van der Waals surface area contributed by atoms with Crippen LogP contribution in [0.15, 0.2) is 61.2 Å². The van der Waals surface area contributed by atoms with Crippen LogP contribution in [0.25, 0.3) is 10.8 Å². The number of benzene rings is 2. The maximum atomic E-state index is 4.15. The molecule has 0 radical (unpaired) electrons. The standard InChI is InChI=1S/C17H18N2S/c1-2-20-17(12-19-11-10-18-13-19)16-9-5-7-14-6-3-4-8-15(14)16/h3-11,13,17H,2,12H2,1H3. The molecule has 102 valence electrons. The van der Waals surface area contributed by atoms with E-state index in [9.17, 15) is 0 Å². The van der Waals surface area contributed by atoms with Gasteiger partial charge in [0.15, 0.2) is 0 Å². The Balaban J connectivity index is 2.00. The van der Waals surface area contributed by atoms with Crippen LogP contribution in [0.3, 0.4) is 0 Å². The molecule has 2 aromatic carbocycles. The van der Waals surface area contributed by atoms with Crippen molar-refractivity contribution in [2.75, 3.05) is 5.75 Å². The maximum Gasteiger partial charge on any atom is 0.0946 e. The smallest absolute Gasteiger partial charge is 0.0946 e. The fourth-order valence-electron chi connectivity index (χ4n) is 2.56. The molecule has 1 atom stereocenters. The maximum absolute atomic E-state index is 4.15. The van der Waals surface area contributed by atoms with Crippen molar-refractivity contribution >= 4 is 22.5 Å². The normalized spacial score (nSPS) is 12.7. The summed E-state index contributed by atoms with van der Waals surface area (Å²) in [5.74, 6) is 1.11. The highest BCUT2D eigenvalue weighted by Crippen LogP contribution is 2.34. The van der Waals surface area contributed by atoms with Crippen molar-refractivity contribution in [3.05, 3.63) is 66.7 Å². The molecule has 1 heterocycles. The van der Waals surface area contributed by atoms with Crippen LogP contribution in [-0.2, 0) is 6.54 Å². The van der Waals surface area contributed by atoms with Crippen molar-refractivity contribution < 1.29 is 0 Å². The lowest BCUT2D eigenvalue weighted by atomic mass is 10.0. The van der Waals surface area contributed by atoms with E-state index in [-0.39, 0.29) is 0 Å². The molecule has 0 aliphatic heterocycles. The average Bonchev–Trinajstić information content (AvgIpc) is 2.99. The molecule has 0 amide bonds. The van der Waals surface area contributed by atoms with Gasteiger partial charge in [0.05, 0.1) is 6.33 Å². The lowest BCUT2D eigenvalue weighted by Crippen LogP contribution is -2.06. The Morgan fingerprint density at radius 3 is 2.80 bits per heavy atom. The number of aromatic nitrogens is 2. The second-order valence-corrected chi connectivity index (χ2v) is 6.25. The van der Waals surface area contributed by atoms with Gasteiger partial charge in [0.2, 0.25) is 0 Å². The first-order valence-corrected chi connectivity index (χ1v) is 7.98. The molecule has 0 saturated carbocycles. The van der Waals surface area contributed by atoms with Crippen LogP contribution in [0.4, 0.5) is 0 Å². The van der Waals surface area contributed by atoms with Gasteiger partial charge in [-0.05, 0) is 22.1 Å². The minimum atomic E-state index is 0.459. The molecular formula is C17H18N2S. The first-order valence-electron chi connectivity index (χ1n) is 6.93. The van der Waals surface area contributed by atoms with Gasteiger partial charge in [0.25, 0.3) is 0 Å². The van der Waals surface area contributed by atoms with Crippen molar-refractivity contribution in [2.24, 2.45) is 0 Å². The number of nitrogens with zero attached hydrogens (tertiary/aromatic N) is 2. The van der Waals surface area contributed by atoms with Gasteiger partial charge in [-0.15, -0.1) is 0 Å². The molecule has 3 rings (SSSR count). The van der Waals surface area contributed by atoms with Crippen LogP contribution in [0.1, 0.15) is 17.7 Å². The Bertz CT molecular complexity index is 671. The molecule has 2 nitrogen and oxygen atoms in total. The molecule has 0 N–H and O–H groups in total. The van der Waals surface area contributed by atoms with Gasteiger partial charge in [-0.3, -0.25) is 0 Å². The summed E-state index contributed by atoms with van der Waals surface area (Å²) < 4.78 is 2.16. The average molecular weight is 282 g/mol. The fraction of sp³-hybridized carbons (Fsp3) is 0.235. The molecular weight excluding hydrogens is 264 g/mol. The van der Waals surface area contributed by atoms with Crippen molar-refractivity contribution in [1.29, 1.82) is 0 Å². The zero-order valence-corrected chi connectivity index (χ0v) is 12.4. The lowest BCUT2D eigenvalue weighted by Gasteiger charge is -2.19. The summed E-state index contributed by atoms with van der Waals surface area (Å²) in [4.78, 5) is 4.15. The number of thioether (sulfide) groups is 1. The molecule has 0 fully saturated rings. The summed E-state index contributed by atoms with van der Waals surface area (Å²) in [6, 6.07) is 15.2. The van der Waals surface area contributed by atoms with Gasteiger partial charge >= 0.3 is 0 Å². The van der Waals surface area contributed by atoms with E-state index in [1.807, 2.05) is 30.5 Å². The molecule has 0 bridgehead atoms. The minimum Gasteiger partial charge on any atom is -0.336 e. The minimum absolute atomic E-state index is 0.459. The molecule has 1 unspecified atom stereocenters. The molecule has 0 spiro atoms. The Morgan fingerprint density at radius 1 is 1.15 bits per heavy atom. The predicted octanol–water partition coefficient (Wildman–Crippen LogP) is 4.53. The van der Waals surface area contributed by atoms with E-state index in [4.69, 9.17) is 0 Å². The molecule has 3 aromatic rings. The zero-order chi connectivity index (χ0) is 13.8. The third-order valence-corrected chi connectivity index (χ3v) is 4.61. The summed E-state index contributed by atoms with van der Waals surface area (Å²) in [6.07, 6.45) is 5.78. The first-order chi connectivity index (χ1) is 9.88. The molecule has 20 heavy (non-hydrogen) atoms. The number of imidazole rings is 1. The molecule has 0 aliphatic carbocycles. The van der Waals surface area contributed by atoms with Crippen LogP contribution >= 0.6 is 11.8 Å². The SMILES string of the molecule is CCSC(Cn1ccnc1)c1cccc2ccccc12. The van der Waals surface area contributed by atoms with E-state index in [1.54, 1.807) is 0 Å². The van der Waals surface area contributed by atoms with Gasteiger partial charge in [-0.1, -0.05) is 49.4 Å². The highest BCUT2D eigenvalue weighted by Gasteiger charge is 2.14. The van der Waals surface area contributed by atoms with Crippen LogP contribution in [0.5, 0.6) is 0 Å². The Morgan fingerprint density at radius 2 is 2.00 bits per heavy atom. The Labute approximate surface area is 123 Å². The fourth-order valence-corrected chi connectivity index (χ4v) is 3.62. The number of hydrogen-bond donors (Lipinski definition) is 0. The van der Waals surface area contributed by atoms with Gasteiger partial charge in [-0.25, -0.2) is 4.98 Å². The molecule has 0 saturated heterocycles. The number of rotatable bonds is 5. The molecule has 3 heteroatoms. The largest absolute Gasteiger partial charge is 0.336 e. The van der Waals surface area contributed by atoms with Gasteiger partial charge < -0.3 is 4.57 Å². The van der Waals surface area contributed by atoms with Crippen molar-refractivity contribution in [3.63, 3.8) is 0 Å². The summed E-state index contributed by atoms with van der Waals surface area (Å²) in [6.45, 7) is 3.18. The van der Waals surface area contributed by atoms with E-state index in [0.29, 0.717) is 5.25 Å². The Kier molecular flexibility index (Phi) is 4.07. The summed E-state index contributed by atoms with van der Waals surface area (Å²) >= 11 is 1.99. The third-order valence-electron chi connectivity index (χ3n) is 3.47. The molecule has 1 aromatic heterocycles. The van der Waals surface area contributed by atoms with E-state index in [1.165, 1.54) is 16.3 Å². The van der Waals surface area contributed by atoms with E-state index >= 15 is 0 Å². The third kappa shape index (κ3) is 2.73. The zero-order valence-electron chi connectivity index (χ0n) is 11.6. The van der Waals surface area contributed by atoms with E-state index in [0.717, 1.165) is 12.3 Å². The van der Waals surface area contributed by atoms with Crippen molar-refractivity contribution in [1.82, 2.24) is 9.55 Å². The van der Waals surface area contributed by atoms with E-state index in [2.05, 4.69) is 58.9 Å². The Hall–Kier alpha value is -1.74. The van der Waals surface area contributed by atoms with E-state index < -0.39 is 0 Å². The number of fused-ring (bicyclic) bond motifs is 1. The van der Waals surface area contributed by atoms with Gasteiger partial charge in [0, 0.05) is 24.2 Å². The topological polar surface area (TPSA) is 17.8 Å². The first kappa shape index (κ1) is 13.3. The predicted molar refractivity (Wildman–Crippen MR) is 87.0 cm³/mol. The summed E-state index contributed by atoms with van der Waals surface area (Å²) in [5.41, 5.74) is 1.42. The van der Waals surface area contributed by atoms with Gasteiger partial charge in [0.1, 0.15) is 0 Å². The monoisotopic (exact) mass is 282 g/mol. The summed E-state index contributed by atoms with van der Waals surface area (Å²) in [7, 11) is 0. The van der Waals surface area contributed by atoms with Crippen LogP contribution in [0, 0.1) is 0 Å². The second-order valence-electron chi connectivity index (χ2n) is 4.77. The van der Waals surface area contributed by atoms with Crippen molar-refractivity contribution in [3.8, 4) is 0 Å². The second kappa shape index (κ2) is 6.14. The van der Waals surface area contributed by atoms with Crippen LogP contribution < -0.4 is 0 Å². The quantitative estimate of drug-likeness (QED) is 0.684. The highest BCUT2D eigenvalue weighted by molar-refractivity contribution is 7.99. The van der Waals surface area contributed by atoms with Crippen LogP contribution in [-0.4, -0.2) is 15.3 Å². The summed E-state index contributed by atoms with van der Waals surface area (Å²) in [5, 5.41) is 3.14. The highest BCUT2D eigenvalue weighted by atomic mass is 32.2.